The average molecular weight is 531 g/mol. The highest BCUT2D eigenvalue weighted by Gasteiger charge is 2.22. The summed E-state index contributed by atoms with van der Waals surface area (Å²) in [5.74, 6) is -0.239. The predicted octanol–water partition coefficient (Wildman–Crippen LogP) is 5.04. The third-order valence-electron chi connectivity index (χ3n) is 5.22. The van der Waals surface area contributed by atoms with Gasteiger partial charge in [0.25, 0.3) is 15.9 Å². The number of sulfonamides is 1. The molecular weight excluding hydrogens is 504 g/mol. The Morgan fingerprint density at radius 1 is 0.971 bits per heavy atom. The summed E-state index contributed by atoms with van der Waals surface area (Å²) in [5.41, 5.74) is 2.51. The molecule has 10 heteroatoms. The third kappa shape index (κ3) is 6.37. The number of thiazole rings is 1. The maximum atomic E-state index is 13.6. The number of nitrogens with zero attached hydrogens (tertiary/aromatic N) is 3. The van der Waals surface area contributed by atoms with Crippen LogP contribution in [0.25, 0.3) is 10.2 Å². The summed E-state index contributed by atoms with van der Waals surface area (Å²) in [6.45, 7) is 3.00. The summed E-state index contributed by atoms with van der Waals surface area (Å²) in [6, 6.07) is 20.9. The fourth-order valence-electron chi connectivity index (χ4n) is 3.36. The molecule has 0 radical (unpaired) electrons. The molecule has 1 aromatic heterocycles. The van der Waals surface area contributed by atoms with Crippen LogP contribution in [0.3, 0.4) is 0 Å². The van der Waals surface area contributed by atoms with E-state index >= 15 is 0 Å². The molecule has 4 aromatic rings. The summed E-state index contributed by atoms with van der Waals surface area (Å²) < 4.78 is 29.2. The highest BCUT2D eigenvalue weighted by molar-refractivity contribution is 7.92. The Hall–Kier alpha value is -2.98. The van der Waals surface area contributed by atoms with Gasteiger partial charge in [-0.3, -0.25) is 14.4 Å². The van der Waals surface area contributed by atoms with E-state index in [2.05, 4.69) is 9.71 Å². The molecule has 184 valence electrons. The number of aromatic nitrogens is 1. The molecule has 0 aliphatic carbocycles. The number of anilines is 2. The first-order chi connectivity index (χ1) is 16.2. The largest absolute Gasteiger partial charge is 0.308 e. The summed E-state index contributed by atoms with van der Waals surface area (Å²) in [6.07, 6.45) is 0. The number of fused-ring (bicyclic) bond motifs is 1. The quantitative estimate of drug-likeness (QED) is 0.345. The second kappa shape index (κ2) is 11.2. The second-order valence-corrected chi connectivity index (χ2v) is 10.9. The van der Waals surface area contributed by atoms with Crippen LogP contribution in [0, 0.1) is 6.92 Å². The zero-order valence-corrected chi connectivity index (χ0v) is 22.1. The van der Waals surface area contributed by atoms with E-state index in [1.807, 2.05) is 50.2 Å². The van der Waals surface area contributed by atoms with Crippen LogP contribution in [0.4, 0.5) is 10.8 Å². The number of rotatable bonds is 8. The van der Waals surface area contributed by atoms with Gasteiger partial charge in [-0.15, -0.1) is 12.4 Å². The topological polar surface area (TPSA) is 82.6 Å². The fraction of sp³-hybridized carbons (Fsp3) is 0.200. The standard InChI is InChI=1S/C25H26N4O3S2.ClH/c1-18-11-13-21(14-12-18)34(31,32)27-20-8-6-7-19(17-20)24(30)29(16-15-28(2)3)25-26-22-9-4-5-10-23(22)33-25;/h4-14,17,27H,15-16H2,1-3H3;1H. The van der Waals surface area contributed by atoms with Gasteiger partial charge in [0.1, 0.15) is 0 Å². The highest BCUT2D eigenvalue weighted by Crippen LogP contribution is 2.30. The molecule has 7 nitrogen and oxygen atoms in total. The second-order valence-electron chi connectivity index (χ2n) is 8.22. The van der Waals surface area contributed by atoms with E-state index in [9.17, 15) is 13.2 Å². The molecule has 0 aliphatic rings. The smallest absolute Gasteiger partial charge is 0.261 e. The minimum absolute atomic E-state index is 0. The van der Waals surface area contributed by atoms with Gasteiger partial charge in [-0.05, 0) is 63.5 Å². The van der Waals surface area contributed by atoms with Crippen LogP contribution in [0.2, 0.25) is 0 Å². The Bertz CT molecular complexity index is 1390. The van der Waals surface area contributed by atoms with Crippen molar-refractivity contribution < 1.29 is 13.2 Å². The predicted molar refractivity (Wildman–Crippen MR) is 146 cm³/mol. The van der Waals surface area contributed by atoms with Crippen LogP contribution in [-0.2, 0) is 10.0 Å². The number of likely N-dealkylation sites (N-methyl/N-ethyl adjacent to an activating group) is 1. The monoisotopic (exact) mass is 530 g/mol. The highest BCUT2D eigenvalue weighted by atomic mass is 35.5. The molecule has 4 rings (SSSR count). The molecule has 3 aromatic carbocycles. The molecule has 0 unspecified atom stereocenters. The lowest BCUT2D eigenvalue weighted by Crippen LogP contribution is -2.36. The first-order valence-corrected chi connectivity index (χ1v) is 13.0. The van der Waals surface area contributed by atoms with Crippen molar-refractivity contribution in [1.29, 1.82) is 0 Å². The van der Waals surface area contributed by atoms with Gasteiger partial charge in [0, 0.05) is 24.3 Å². The number of carbonyl (C=O) groups excluding carboxylic acids is 1. The number of hydrogen-bond acceptors (Lipinski definition) is 6. The molecule has 0 fully saturated rings. The third-order valence-corrected chi connectivity index (χ3v) is 7.68. The van der Waals surface area contributed by atoms with Crippen molar-refractivity contribution in [1.82, 2.24) is 9.88 Å². The van der Waals surface area contributed by atoms with Crippen LogP contribution in [0.5, 0.6) is 0 Å². The van der Waals surface area contributed by atoms with Gasteiger partial charge >= 0.3 is 0 Å². The molecular formula is C25H27ClN4O3S2. The Morgan fingerprint density at radius 2 is 1.69 bits per heavy atom. The number of carbonyl (C=O) groups is 1. The number of nitrogens with one attached hydrogen (secondary N) is 1. The van der Waals surface area contributed by atoms with Crippen LogP contribution in [0.1, 0.15) is 15.9 Å². The van der Waals surface area contributed by atoms with Crippen molar-refractivity contribution in [2.75, 3.05) is 36.8 Å². The SMILES string of the molecule is Cc1ccc(S(=O)(=O)Nc2cccc(C(=O)N(CCN(C)C)c3nc4ccccc4s3)c2)cc1.Cl. The molecule has 1 N–H and O–H groups in total. The van der Waals surface area contributed by atoms with Gasteiger partial charge < -0.3 is 4.90 Å². The molecule has 0 spiro atoms. The molecule has 1 heterocycles. The number of amides is 1. The normalized spacial score (nSPS) is 11.3. The van der Waals surface area contributed by atoms with Crippen molar-refractivity contribution in [2.24, 2.45) is 0 Å². The van der Waals surface area contributed by atoms with Gasteiger partial charge in [-0.2, -0.15) is 0 Å². The lowest BCUT2D eigenvalue weighted by Gasteiger charge is -2.22. The van der Waals surface area contributed by atoms with Crippen molar-refractivity contribution in [3.8, 4) is 0 Å². The van der Waals surface area contributed by atoms with Gasteiger partial charge in [0.15, 0.2) is 5.13 Å². The zero-order chi connectivity index (χ0) is 24.3. The van der Waals surface area contributed by atoms with Gasteiger partial charge in [0.2, 0.25) is 0 Å². The first-order valence-electron chi connectivity index (χ1n) is 10.7. The van der Waals surface area contributed by atoms with Crippen LogP contribution < -0.4 is 9.62 Å². The van der Waals surface area contributed by atoms with Gasteiger partial charge in [0.05, 0.1) is 15.1 Å². The zero-order valence-electron chi connectivity index (χ0n) is 19.6. The minimum Gasteiger partial charge on any atom is -0.308 e. The van der Waals surface area contributed by atoms with E-state index in [0.29, 0.717) is 29.5 Å². The van der Waals surface area contributed by atoms with E-state index < -0.39 is 10.0 Å². The number of benzene rings is 3. The van der Waals surface area contributed by atoms with Gasteiger partial charge in [-0.25, -0.2) is 13.4 Å². The van der Waals surface area contributed by atoms with E-state index in [1.54, 1.807) is 53.4 Å². The molecule has 0 saturated heterocycles. The molecule has 0 saturated carbocycles. The Kier molecular flexibility index (Phi) is 8.50. The van der Waals surface area contributed by atoms with E-state index in [1.165, 1.54) is 11.3 Å². The maximum Gasteiger partial charge on any atom is 0.261 e. The Labute approximate surface area is 215 Å². The minimum atomic E-state index is -3.78. The van der Waals surface area contributed by atoms with E-state index in [-0.39, 0.29) is 23.2 Å². The average Bonchev–Trinajstić information content (AvgIpc) is 3.23. The summed E-state index contributed by atoms with van der Waals surface area (Å²) >= 11 is 1.46. The lowest BCUT2D eigenvalue weighted by molar-refractivity contribution is 0.0985. The summed E-state index contributed by atoms with van der Waals surface area (Å²) in [7, 11) is 0.116. The molecule has 0 bridgehead atoms. The number of aryl methyl sites for hydroxylation is 1. The van der Waals surface area contributed by atoms with E-state index in [0.717, 1.165) is 15.8 Å². The van der Waals surface area contributed by atoms with Crippen molar-refractivity contribution in [2.45, 2.75) is 11.8 Å². The summed E-state index contributed by atoms with van der Waals surface area (Å²) in [4.78, 5) is 22.0. The van der Waals surface area contributed by atoms with Crippen molar-refractivity contribution in [3.05, 3.63) is 83.9 Å². The number of halogens is 1. The van der Waals surface area contributed by atoms with Crippen molar-refractivity contribution >= 4 is 60.7 Å². The Balaban J connectivity index is 0.00000342. The van der Waals surface area contributed by atoms with Crippen LogP contribution in [0.15, 0.2) is 77.7 Å². The number of para-hydroxylation sites is 1. The molecule has 0 atom stereocenters. The maximum absolute atomic E-state index is 13.6. The molecule has 0 aliphatic heterocycles. The van der Waals surface area contributed by atoms with Gasteiger partial charge in [-0.1, -0.05) is 47.2 Å². The van der Waals surface area contributed by atoms with Crippen LogP contribution in [-0.4, -0.2) is 51.4 Å². The Morgan fingerprint density at radius 3 is 2.37 bits per heavy atom. The number of hydrogen-bond donors (Lipinski definition) is 1. The lowest BCUT2D eigenvalue weighted by atomic mass is 10.2. The van der Waals surface area contributed by atoms with Crippen LogP contribution >= 0.6 is 23.7 Å². The summed E-state index contributed by atoms with van der Waals surface area (Å²) in [5, 5.41) is 0.610. The fourth-order valence-corrected chi connectivity index (χ4v) is 5.40. The first kappa shape index (κ1) is 26.6. The van der Waals surface area contributed by atoms with Crippen molar-refractivity contribution in [3.63, 3.8) is 0 Å². The van der Waals surface area contributed by atoms with E-state index in [4.69, 9.17) is 0 Å². The molecule has 35 heavy (non-hydrogen) atoms. The molecule has 1 amide bonds.